The lowest BCUT2D eigenvalue weighted by atomic mass is 10.1. The monoisotopic (exact) mass is 263 g/mol. The van der Waals surface area contributed by atoms with Crippen molar-refractivity contribution in [3.8, 4) is 11.1 Å². The first-order chi connectivity index (χ1) is 8.72. The fourth-order valence-corrected chi connectivity index (χ4v) is 2.76. The van der Waals surface area contributed by atoms with Crippen molar-refractivity contribution >= 4 is 11.3 Å². The topological polar surface area (TPSA) is 52.5 Å². The molecule has 4 heteroatoms. The molecule has 2 aromatic rings. The molecule has 1 heterocycles. The molecule has 18 heavy (non-hydrogen) atoms. The maximum atomic E-state index is 10.0. The van der Waals surface area contributed by atoms with Crippen molar-refractivity contribution in [3.05, 3.63) is 46.7 Å². The Hall–Kier alpha value is -1.20. The lowest BCUT2D eigenvalue weighted by molar-refractivity contribution is 0.0224. The Morgan fingerprint density at radius 2 is 1.89 bits per heavy atom. The number of rotatable bonds is 5. The van der Waals surface area contributed by atoms with Crippen LogP contribution in [0.5, 0.6) is 0 Å². The summed E-state index contributed by atoms with van der Waals surface area (Å²) in [6.07, 6.45) is -1.61. The largest absolute Gasteiger partial charge is 0.389 e. The third kappa shape index (κ3) is 2.97. The Morgan fingerprint density at radius 1 is 1.17 bits per heavy atom. The number of benzene rings is 1. The first-order valence-electron chi connectivity index (χ1n) is 5.87. The molecule has 0 bridgehead atoms. The van der Waals surface area contributed by atoms with E-state index in [0.29, 0.717) is 6.54 Å². The van der Waals surface area contributed by atoms with Crippen molar-refractivity contribution in [2.24, 2.45) is 0 Å². The molecule has 0 saturated carbocycles. The number of aliphatic hydroxyl groups excluding tert-OH is 2. The van der Waals surface area contributed by atoms with Gasteiger partial charge in [-0.1, -0.05) is 30.3 Å². The first kappa shape index (κ1) is 13.2. The summed E-state index contributed by atoms with van der Waals surface area (Å²) in [6, 6.07) is 11.9. The van der Waals surface area contributed by atoms with Crippen LogP contribution in [0.25, 0.3) is 11.1 Å². The van der Waals surface area contributed by atoms with Crippen molar-refractivity contribution in [2.75, 3.05) is 13.6 Å². The van der Waals surface area contributed by atoms with E-state index in [1.54, 1.807) is 7.05 Å². The zero-order valence-corrected chi connectivity index (χ0v) is 11.0. The lowest BCUT2D eigenvalue weighted by Crippen LogP contribution is -2.29. The van der Waals surface area contributed by atoms with Gasteiger partial charge >= 0.3 is 0 Å². The minimum Gasteiger partial charge on any atom is -0.389 e. The van der Waals surface area contributed by atoms with Crippen molar-refractivity contribution < 1.29 is 10.2 Å². The van der Waals surface area contributed by atoms with E-state index in [-0.39, 0.29) is 0 Å². The van der Waals surface area contributed by atoms with Gasteiger partial charge in [0.25, 0.3) is 0 Å². The molecule has 0 spiro atoms. The van der Waals surface area contributed by atoms with Gasteiger partial charge in [-0.3, -0.25) is 0 Å². The summed E-state index contributed by atoms with van der Waals surface area (Å²) in [6.45, 7) is 0.375. The summed E-state index contributed by atoms with van der Waals surface area (Å²) in [5, 5.41) is 24.6. The summed E-state index contributed by atoms with van der Waals surface area (Å²) in [5.41, 5.74) is 2.20. The van der Waals surface area contributed by atoms with Gasteiger partial charge in [-0.25, -0.2) is 0 Å². The van der Waals surface area contributed by atoms with Crippen molar-refractivity contribution in [1.82, 2.24) is 5.32 Å². The number of aliphatic hydroxyl groups is 2. The van der Waals surface area contributed by atoms with Crippen LogP contribution in [0.15, 0.2) is 41.8 Å². The van der Waals surface area contributed by atoms with Crippen LogP contribution in [0.3, 0.4) is 0 Å². The Bertz CT molecular complexity index is 484. The molecule has 3 nitrogen and oxygen atoms in total. The zero-order chi connectivity index (χ0) is 13.0. The summed E-state index contributed by atoms with van der Waals surface area (Å²) >= 11 is 1.47. The van der Waals surface area contributed by atoms with E-state index in [1.807, 2.05) is 41.8 Å². The predicted octanol–water partition coefficient (Wildman–Crippen LogP) is 2.03. The predicted molar refractivity (Wildman–Crippen MR) is 74.6 cm³/mol. The smallest absolute Gasteiger partial charge is 0.115 e. The highest BCUT2D eigenvalue weighted by Gasteiger charge is 2.19. The van der Waals surface area contributed by atoms with Crippen LogP contribution < -0.4 is 5.32 Å². The van der Waals surface area contributed by atoms with E-state index >= 15 is 0 Å². The molecule has 96 valence electrons. The molecule has 0 aliphatic heterocycles. The Morgan fingerprint density at radius 3 is 2.56 bits per heavy atom. The summed E-state index contributed by atoms with van der Waals surface area (Å²) < 4.78 is 0. The molecule has 0 amide bonds. The van der Waals surface area contributed by atoms with Crippen LogP contribution in [-0.2, 0) is 0 Å². The second kappa shape index (κ2) is 6.11. The van der Waals surface area contributed by atoms with E-state index in [9.17, 15) is 10.2 Å². The highest BCUT2D eigenvalue weighted by atomic mass is 32.1. The number of nitrogens with one attached hydrogen (secondary N) is 1. The second-order valence-corrected chi connectivity index (χ2v) is 5.12. The number of hydrogen-bond donors (Lipinski definition) is 3. The average Bonchev–Trinajstić information content (AvgIpc) is 2.89. The van der Waals surface area contributed by atoms with Gasteiger partial charge in [-0.15, -0.1) is 11.3 Å². The number of thiophene rings is 1. The molecule has 1 aromatic heterocycles. The molecule has 0 aliphatic rings. The minimum atomic E-state index is -0.833. The van der Waals surface area contributed by atoms with E-state index in [2.05, 4.69) is 5.32 Å². The average molecular weight is 263 g/mol. The van der Waals surface area contributed by atoms with Crippen molar-refractivity contribution in [1.29, 1.82) is 0 Å². The summed E-state index contributed by atoms with van der Waals surface area (Å²) in [5.74, 6) is 0. The highest BCUT2D eigenvalue weighted by molar-refractivity contribution is 7.10. The molecule has 1 aromatic carbocycles. The molecular weight excluding hydrogens is 246 g/mol. The second-order valence-electron chi connectivity index (χ2n) is 4.17. The van der Waals surface area contributed by atoms with E-state index < -0.39 is 12.2 Å². The normalized spacial score (nSPS) is 14.4. The maximum absolute atomic E-state index is 10.0. The molecule has 0 fully saturated rings. The lowest BCUT2D eigenvalue weighted by Gasteiger charge is -2.15. The van der Waals surface area contributed by atoms with Crippen LogP contribution in [0, 0.1) is 0 Å². The van der Waals surface area contributed by atoms with E-state index in [1.165, 1.54) is 11.3 Å². The van der Waals surface area contributed by atoms with Gasteiger partial charge < -0.3 is 15.5 Å². The molecule has 3 N–H and O–H groups in total. The summed E-state index contributed by atoms with van der Waals surface area (Å²) in [7, 11) is 1.75. The van der Waals surface area contributed by atoms with Crippen LogP contribution in [-0.4, -0.2) is 29.9 Å². The molecule has 0 aliphatic carbocycles. The van der Waals surface area contributed by atoms with Gasteiger partial charge in [0, 0.05) is 11.4 Å². The number of likely N-dealkylation sites (N-methyl/N-ethyl adjacent to an activating group) is 1. The SMILES string of the molecule is CNCC(O)C(O)c1cc(-c2ccccc2)cs1. The molecule has 2 rings (SSSR count). The fourth-order valence-electron chi connectivity index (χ4n) is 1.80. The number of hydrogen-bond acceptors (Lipinski definition) is 4. The molecule has 2 unspecified atom stereocenters. The van der Waals surface area contributed by atoms with Gasteiger partial charge in [0.05, 0.1) is 6.10 Å². The van der Waals surface area contributed by atoms with Crippen molar-refractivity contribution in [2.45, 2.75) is 12.2 Å². The van der Waals surface area contributed by atoms with Gasteiger partial charge in [0.2, 0.25) is 0 Å². The van der Waals surface area contributed by atoms with Crippen molar-refractivity contribution in [3.63, 3.8) is 0 Å². The quantitative estimate of drug-likeness (QED) is 0.773. The van der Waals surface area contributed by atoms with Gasteiger partial charge in [-0.2, -0.15) is 0 Å². The van der Waals surface area contributed by atoms with Gasteiger partial charge in [-0.05, 0) is 29.6 Å². The maximum Gasteiger partial charge on any atom is 0.115 e. The van der Waals surface area contributed by atoms with Gasteiger partial charge in [0.15, 0.2) is 0 Å². The van der Waals surface area contributed by atoms with Crippen LogP contribution in [0.4, 0.5) is 0 Å². The summed E-state index contributed by atoms with van der Waals surface area (Å²) in [4.78, 5) is 0.789. The third-order valence-corrected chi connectivity index (χ3v) is 3.80. The first-order valence-corrected chi connectivity index (χ1v) is 6.75. The Balaban J connectivity index is 2.15. The standard InChI is InChI=1S/C14H17NO2S/c1-15-8-12(16)14(17)13-7-11(9-18-13)10-5-3-2-4-6-10/h2-7,9,12,14-17H,8H2,1H3. The molecule has 0 saturated heterocycles. The highest BCUT2D eigenvalue weighted by Crippen LogP contribution is 2.30. The van der Waals surface area contributed by atoms with Crippen LogP contribution in [0.1, 0.15) is 11.0 Å². The Kier molecular flexibility index (Phi) is 4.49. The van der Waals surface area contributed by atoms with Gasteiger partial charge in [0.1, 0.15) is 6.10 Å². The third-order valence-electron chi connectivity index (χ3n) is 2.80. The molecular formula is C14H17NO2S. The van der Waals surface area contributed by atoms with Crippen LogP contribution >= 0.6 is 11.3 Å². The Labute approximate surface area is 111 Å². The zero-order valence-electron chi connectivity index (χ0n) is 10.2. The minimum absolute atomic E-state index is 0.375. The molecule has 2 atom stereocenters. The molecule has 0 radical (unpaired) electrons. The van der Waals surface area contributed by atoms with E-state index in [4.69, 9.17) is 0 Å². The van der Waals surface area contributed by atoms with E-state index in [0.717, 1.165) is 16.0 Å². The fraction of sp³-hybridized carbons (Fsp3) is 0.286. The van der Waals surface area contributed by atoms with Crippen LogP contribution in [0.2, 0.25) is 0 Å².